The van der Waals surface area contributed by atoms with E-state index in [9.17, 15) is 27.2 Å². The van der Waals surface area contributed by atoms with Crippen LogP contribution in [0.1, 0.15) is 22.8 Å². The van der Waals surface area contributed by atoms with E-state index < -0.39 is 47.9 Å². The molecule has 30 heavy (non-hydrogen) atoms. The Labute approximate surface area is 166 Å². The number of benzene rings is 1. The van der Waals surface area contributed by atoms with Gasteiger partial charge in [-0.05, 0) is 30.7 Å². The molecule has 1 aromatic carbocycles. The monoisotopic (exact) mass is 425 g/mol. The molecule has 0 saturated carbocycles. The molecule has 1 aliphatic rings. The summed E-state index contributed by atoms with van der Waals surface area (Å²) in [4.78, 5) is 31.3. The quantitative estimate of drug-likeness (QED) is 0.650. The van der Waals surface area contributed by atoms with Crippen LogP contribution in [0.3, 0.4) is 0 Å². The number of likely N-dealkylation sites (tertiary alicyclic amines) is 1. The zero-order valence-electron chi connectivity index (χ0n) is 15.5. The Balaban J connectivity index is 1.66. The summed E-state index contributed by atoms with van der Waals surface area (Å²) in [7, 11) is 1.41. The van der Waals surface area contributed by atoms with Crippen LogP contribution >= 0.6 is 0 Å². The van der Waals surface area contributed by atoms with Gasteiger partial charge in [0.25, 0.3) is 5.91 Å². The number of carbonyl (C=O) groups excluding carboxylic acids is 1. The molecule has 1 unspecified atom stereocenters. The van der Waals surface area contributed by atoms with Gasteiger partial charge in [-0.2, -0.15) is 18.2 Å². The van der Waals surface area contributed by atoms with Gasteiger partial charge in [-0.25, -0.2) is 9.18 Å². The van der Waals surface area contributed by atoms with Crippen molar-refractivity contribution < 1.29 is 26.9 Å². The van der Waals surface area contributed by atoms with E-state index >= 15 is 0 Å². The molecule has 8 nitrogen and oxygen atoms in total. The average Bonchev–Trinajstić information content (AvgIpc) is 3.41. The minimum atomic E-state index is -4.78. The molecule has 1 N–H and O–H groups in total. The fraction of sp³-hybridized carbons (Fsp3) is 0.333. The molecule has 0 radical (unpaired) electrons. The van der Waals surface area contributed by atoms with Gasteiger partial charge in [0, 0.05) is 31.9 Å². The third kappa shape index (κ3) is 3.17. The molecule has 0 aliphatic carbocycles. The predicted molar refractivity (Wildman–Crippen MR) is 94.0 cm³/mol. The lowest BCUT2D eigenvalue weighted by atomic mass is 9.86. The first-order chi connectivity index (χ1) is 14.1. The Morgan fingerprint density at radius 3 is 2.57 bits per heavy atom. The van der Waals surface area contributed by atoms with E-state index in [1.54, 1.807) is 0 Å². The van der Waals surface area contributed by atoms with Crippen LogP contribution in [0.15, 0.2) is 39.8 Å². The normalized spacial score (nSPS) is 19.4. The van der Waals surface area contributed by atoms with Crippen LogP contribution in [0.2, 0.25) is 0 Å². The lowest BCUT2D eigenvalue weighted by Crippen LogP contribution is -2.46. The van der Waals surface area contributed by atoms with E-state index in [-0.39, 0.29) is 23.6 Å². The highest BCUT2D eigenvalue weighted by molar-refractivity contribution is 5.92. The van der Waals surface area contributed by atoms with Gasteiger partial charge in [-0.1, -0.05) is 5.16 Å². The zero-order chi connectivity index (χ0) is 21.7. The number of imidazole rings is 1. The van der Waals surface area contributed by atoms with Crippen LogP contribution in [0.5, 0.6) is 0 Å². The van der Waals surface area contributed by atoms with E-state index in [0.29, 0.717) is 0 Å². The van der Waals surface area contributed by atoms with Crippen molar-refractivity contribution in [1.82, 2.24) is 24.6 Å². The van der Waals surface area contributed by atoms with Crippen LogP contribution < -0.4 is 5.69 Å². The van der Waals surface area contributed by atoms with Crippen molar-refractivity contribution in [3.63, 3.8) is 0 Å². The van der Waals surface area contributed by atoms with E-state index in [1.807, 2.05) is 0 Å². The molecule has 1 saturated heterocycles. The van der Waals surface area contributed by atoms with E-state index in [4.69, 9.17) is 4.52 Å². The van der Waals surface area contributed by atoms with Gasteiger partial charge in [0.15, 0.2) is 5.41 Å². The summed E-state index contributed by atoms with van der Waals surface area (Å²) < 4.78 is 61.4. The number of nitrogens with one attached hydrogen (secondary N) is 1. The molecule has 3 heterocycles. The maximum atomic E-state index is 14.1. The predicted octanol–water partition coefficient (Wildman–Crippen LogP) is 2.25. The minimum absolute atomic E-state index is 0.113. The first kappa shape index (κ1) is 19.9. The van der Waals surface area contributed by atoms with E-state index in [0.717, 1.165) is 21.6 Å². The molecule has 12 heteroatoms. The van der Waals surface area contributed by atoms with Crippen molar-refractivity contribution in [2.75, 3.05) is 13.1 Å². The van der Waals surface area contributed by atoms with Crippen molar-refractivity contribution in [3.05, 3.63) is 58.3 Å². The highest BCUT2D eigenvalue weighted by Gasteiger charge is 2.63. The standard InChI is InChI=1S/C18H15F4N5O3/c1-26-8-12(23-16(26)29)14(28)27-7-6-17(9-27,18(20,21)22)15-24-13(25-30-15)10-2-4-11(19)5-3-10/h2-5,8H,6-7,9H2,1H3,(H,23,29). The van der Waals surface area contributed by atoms with Gasteiger partial charge in [0.1, 0.15) is 11.5 Å². The maximum absolute atomic E-state index is 14.1. The number of H-pyrrole nitrogens is 1. The van der Waals surface area contributed by atoms with E-state index in [2.05, 4.69) is 15.1 Å². The van der Waals surface area contributed by atoms with Crippen LogP contribution in [-0.4, -0.2) is 49.8 Å². The third-order valence-electron chi connectivity index (χ3n) is 5.15. The van der Waals surface area contributed by atoms with Crippen molar-refractivity contribution in [2.24, 2.45) is 7.05 Å². The number of amides is 1. The molecular weight excluding hydrogens is 410 g/mol. The first-order valence-electron chi connectivity index (χ1n) is 8.82. The fourth-order valence-electron chi connectivity index (χ4n) is 3.41. The maximum Gasteiger partial charge on any atom is 0.405 e. The molecule has 1 atom stereocenters. The first-order valence-corrected chi connectivity index (χ1v) is 8.82. The van der Waals surface area contributed by atoms with Crippen LogP contribution in [0.25, 0.3) is 11.4 Å². The lowest BCUT2D eigenvalue weighted by molar-refractivity contribution is -0.193. The van der Waals surface area contributed by atoms with Gasteiger partial charge in [0.05, 0.1) is 0 Å². The van der Waals surface area contributed by atoms with Crippen molar-refractivity contribution in [2.45, 2.75) is 18.0 Å². The molecule has 1 amide bonds. The highest BCUT2D eigenvalue weighted by Crippen LogP contribution is 2.47. The fourth-order valence-corrected chi connectivity index (χ4v) is 3.41. The smallest absolute Gasteiger partial charge is 0.338 e. The topological polar surface area (TPSA) is 97.0 Å². The van der Waals surface area contributed by atoms with E-state index in [1.165, 1.54) is 25.4 Å². The molecule has 0 spiro atoms. The number of hydrogen-bond donors (Lipinski definition) is 1. The Kier molecular flexibility index (Phi) is 4.51. The summed E-state index contributed by atoms with van der Waals surface area (Å²) in [6.45, 7) is -0.958. The highest BCUT2D eigenvalue weighted by atomic mass is 19.4. The minimum Gasteiger partial charge on any atom is -0.338 e. The number of hydrogen-bond acceptors (Lipinski definition) is 5. The molecule has 4 rings (SSSR count). The Bertz CT molecular complexity index is 1150. The van der Waals surface area contributed by atoms with Gasteiger partial charge in [-0.15, -0.1) is 0 Å². The molecule has 1 fully saturated rings. The largest absolute Gasteiger partial charge is 0.405 e. The SMILES string of the molecule is Cn1cc(C(=O)N2CCC(c3nc(-c4ccc(F)cc4)no3)(C(F)(F)F)C2)[nH]c1=O. The summed E-state index contributed by atoms with van der Waals surface area (Å²) in [5.41, 5.74) is -2.93. The number of rotatable bonds is 3. The van der Waals surface area contributed by atoms with Gasteiger partial charge >= 0.3 is 11.9 Å². The summed E-state index contributed by atoms with van der Waals surface area (Å²) in [6.07, 6.45) is -4.04. The summed E-state index contributed by atoms with van der Waals surface area (Å²) in [5, 5.41) is 3.60. The van der Waals surface area contributed by atoms with Gasteiger partial charge in [-0.3, -0.25) is 4.79 Å². The van der Waals surface area contributed by atoms with Crippen molar-refractivity contribution >= 4 is 5.91 Å². The summed E-state index contributed by atoms with van der Waals surface area (Å²) >= 11 is 0. The number of aromatic amines is 1. The number of aryl methyl sites for hydroxylation is 1. The lowest BCUT2D eigenvalue weighted by Gasteiger charge is -2.27. The number of alkyl halides is 3. The number of aromatic nitrogens is 4. The molecule has 1 aliphatic heterocycles. The Morgan fingerprint density at radius 2 is 1.97 bits per heavy atom. The summed E-state index contributed by atoms with van der Waals surface area (Å²) in [6, 6.07) is 4.89. The Hall–Kier alpha value is -3.44. The second kappa shape index (κ2) is 6.82. The third-order valence-corrected chi connectivity index (χ3v) is 5.15. The van der Waals surface area contributed by atoms with Gasteiger partial charge in [0.2, 0.25) is 11.7 Å². The van der Waals surface area contributed by atoms with Crippen molar-refractivity contribution in [1.29, 1.82) is 0 Å². The zero-order valence-corrected chi connectivity index (χ0v) is 15.5. The van der Waals surface area contributed by atoms with Gasteiger partial charge < -0.3 is 19.0 Å². The number of carbonyl (C=O) groups is 1. The molecule has 3 aromatic rings. The second-order valence-corrected chi connectivity index (χ2v) is 7.07. The molecule has 0 bridgehead atoms. The number of halogens is 4. The molecule has 158 valence electrons. The average molecular weight is 425 g/mol. The molecule has 2 aromatic heterocycles. The van der Waals surface area contributed by atoms with Crippen LogP contribution in [-0.2, 0) is 12.5 Å². The van der Waals surface area contributed by atoms with Crippen molar-refractivity contribution in [3.8, 4) is 11.4 Å². The second-order valence-electron chi connectivity index (χ2n) is 7.07. The van der Waals surface area contributed by atoms with Crippen LogP contribution in [0.4, 0.5) is 17.6 Å². The summed E-state index contributed by atoms with van der Waals surface area (Å²) in [5.74, 6) is -2.05. The Morgan fingerprint density at radius 1 is 1.27 bits per heavy atom. The number of nitrogens with zero attached hydrogens (tertiary/aromatic N) is 4. The van der Waals surface area contributed by atoms with Crippen LogP contribution in [0, 0.1) is 5.82 Å². The molecular formula is C18H15F4N5O3.